The summed E-state index contributed by atoms with van der Waals surface area (Å²) in [5, 5.41) is 5.10. The second-order valence-corrected chi connectivity index (χ2v) is 3.43. The van der Waals surface area contributed by atoms with Crippen LogP contribution in [0.4, 0.5) is 0 Å². The monoisotopic (exact) mass is 235 g/mol. The molecule has 4 heteroatoms. The fourth-order valence-corrected chi connectivity index (χ4v) is 1.91. The van der Waals surface area contributed by atoms with Gasteiger partial charge in [0.25, 0.3) is 0 Å². The molecule has 0 saturated heterocycles. The first-order chi connectivity index (χ1) is 7.27. The normalized spacial score (nSPS) is 13.2. The number of carbonyl (C=O) groups is 2. The number of imide groups is 1. The van der Waals surface area contributed by atoms with E-state index in [9.17, 15) is 9.59 Å². The van der Waals surface area contributed by atoms with Gasteiger partial charge in [-0.25, -0.2) is 0 Å². The predicted molar refractivity (Wildman–Crippen MR) is 56.0 cm³/mol. The van der Waals surface area contributed by atoms with E-state index in [1.807, 2.05) is 12.1 Å². The van der Waals surface area contributed by atoms with Crippen molar-refractivity contribution in [1.29, 1.82) is 0 Å². The van der Waals surface area contributed by atoms with Gasteiger partial charge in [0, 0.05) is 16.5 Å². The van der Waals surface area contributed by atoms with Crippen LogP contribution in [0.5, 0.6) is 0 Å². The Morgan fingerprint density at radius 3 is 1.81 bits per heavy atom. The van der Waals surface area contributed by atoms with Gasteiger partial charge in [-0.05, 0) is 5.39 Å². The van der Waals surface area contributed by atoms with Gasteiger partial charge in [-0.3, -0.25) is 0 Å². The van der Waals surface area contributed by atoms with E-state index in [-0.39, 0.29) is 51.4 Å². The van der Waals surface area contributed by atoms with Crippen LogP contribution in [-0.2, 0) is 0 Å². The molecule has 3 rings (SSSR count). The smallest absolute Gasteiger partial charge is 0.587 e. The molecule has 0 aliphatic carbocycles. The molecule has 1 heterocycles. The van der Waals surface area contributed by atoms with E-state index in [0.717, 1.165) is 10.8 Å². The van der Waals surface area contributed by atoms with E-state index in [1.165, 1.54) is 0 Å². The number of benzene rings is 2. The van der Waals surface area contributed by atoms with Gasteiger partial charge >= 0.3 is 51.4 Å². The molecule has 0 atom stereocenters. The van der Waals surface area contributed by atoms with Gasteiger partial charge in [0.1, 0.15) is 0 Å². The van der Waals surface area contributed by atoms with Crippen molar-refractivity contribution in [3.05, 3.63) is 52.8 Å². The molecule has 2 amide bonds. The third kappa shape index (κ3) is 1.67. The van der Waals surface area contributed by atoms with E-state index in [0.29, 0.717) is 11.1 Å². The van der Waals surface area contributed by atoms with Crippen LogP contribution in [-0.4, -0.2) is 11.8 Å². The van der Waals surface area contributed by atoms with Gasteiger partial charge in [0.15, 0.2) is 0 Å². The fourth-order valence-electron chi connectivity index (χ4n) is 1.91. The summed E-state index contributed by atoms with van der Waals surface area (Å²) in [5.41, 5.74) is 1.03. The minimum atomic E-state index is -0.440. The molecule has 0 unspecified atom stereocenters. The average Bonchev–Trinajstić information content (AvgIpc) is 2.25. The Hall–Kier alpha value is -0.524. The molecule has 1 aliphatic heterocycles. The van der Waals surface area contributed by atoms with E-state index in [4.69, 9.17) is 0 Å². The van der Waals surface area contributed by atoms with Crippen LogP contribution in [0.25, 0.3) is 16.1 Å². The average molecular weight is 235 g/mol. The topological polar surface area (TPSA) is 48.2 Å². The van der Waals surface area contributed by atoms with Crippen LogP contribution in [0.2, 0.25) is 0 Å². The molecule has 0 saturated carbocycles. The first-order valence-corrected chi connectivity index (χ1v) is 4.59. The zero-order valence-electron chi connectivity index (χ0n) is 8.73. The van der Waals surface area contributed by atoms with Crippen LogP contribution in [0.15, 0.2) is 36.4 Å². The second-order valence-electron chi connectivity index (χ2n) is 3.43. The van der Waals surface area contributed by atoms with E-state index >= 15 is 0 Å². The summed E-state index contributed by atoms with van der Waals surface area (Å²) in [6.07, 6.45) is 0. The minimum absolute atomic E-state index is 0. The molecule has 2 aromatic rings. The molecule has 72 valence electrons. The Morgan fingerprint density at radius 2 is 1.31 bits per heavy atom. The third-order valence-corrected chi connectivity index (χ3v) is 2.57. The van der Waals surface area contributed by atoms with Gasteiger partial charge in [0.05, 0.1) is 11.8 Å². The first kappa shape index (κ1) is 11.9. The van der Waals surface area contributed by atoms with Crippen molar-refractivity contribution in [1.82, 2.24) is 0 Å². The SMILES string of the molecule is O=C1[N-]C(=O)c2cccc3cccc1c23.[K+]. The number of hydrogen-bond donors (Lipinski definition) is 0. The van der Waals surface area contributed by atoms with Gasteiger partial charge in [-0.15, -0.1) is 0 Å². The maximum absolute atomic E-state index is 11.5. The summed E-state index contributed by atoms with van der Waals surface area (Å²) in [6, 6.07) is 10.8. The van der Waals surface area contributed by atoms with Gasteiger partial charge in [-0.1, -0.05) is 36.4 Å². The van der Waals surface area contributed by atoms with E-state index in [2.05, 4.69) is 5.32 Å². The van der Waals surface area contributed by atoms with Crippen LogP contribution >= 0.6 is 0 Å². The minimum Gasteiger partial charge on any atom is -0.587 e. The number of carbonyl (C=O) groups excluding carboxylic acids is 2. The Kier molecular flexibility index (Phi) is 3.28. The van der Waals surface area contributed by atoms with Crippen molar-refractivity contribution in [2.24, 2.45) is 0 Å². The zero-order chi connectivity index (χ0) is 10.4. The number of amides is 2. The molecule has 0 fully saturated rings. The molecule has 3 nitrogen and oxygen atoms in total. The quantitative estimate of drug-likeness (QED) is 0.457. The Balaban J connectivity index is 0.000000963. The molecule has 0 bridgehead atoms. The number of rotatable bonds is 0. The van der Waals surface area contributed by atoms with Crippen molar-refractivity contribution < 1.29 is 61.0 Å². The number of hydrogen-bond acceptors (Lipinski definition) is 2. The van der Waals surface area contributed by atoms with Crippen LogP contribution in [0, 0.1) is 0 Å². The maximum Gasteiger partial charge on any atom is 1.00 e. The zero-order valence-corrected chi connectivity index (χ0v) is 11.9. The van der Waals surface area contributed by atoms with Crippen LogP contribution in [0.3, 0.4) is 0 Å². The maximum atomic E-state index is 11.5. The first-order valence-electron chi connectivity index (χ1n) is 4.59. The van der Waals surface area contributed by atoms with Crippen molar-refractivity contribution in [2.45, 2.75) is 0 Å². The summed E-state index contributed by atoms with van der Waals surface area (Å²) in [7, 11) is 0. The largest absolute Gasteiger partial charge is 1.00 e. The number of nitrogens with zero attached hydrogens (tertiary/aromatic N) is 1. The Morgan fingerprint density at radius 1 is 0.812 bits per heavy atom. The summed E-state index contributed by atoms with van der Waals surface area (Å²) >= 11 is 0. The van der Waals surface area contributed by atoms with E-state index < -0.39 is 11.8 Å². The van der Waals surface area contributed by atoms with Crippen molar-refractivity contribution >= 4 is 22.6 Å². The predicted octanol–water partition coefficient (Wildman–Crippen LogP) is -0.489. The molecule has 0 radical (unpaired) electrons. The fraction of sp³-hybridized carbons (Fsp3) is 0. The van der Waals surface area contributed by atoms with Gasteiger partial charge < -0.3 is 14.9 Å². The van der Waals surface area contributed by atoms with Crippen molar-refractivity contribution in [3.8, 4) is 0 Å². The molecule has 0 aromatic heterocycles. The summed E-state index contributed by atoms with van der Waals surface area (Å²) < 4.78 is 0. The van der Waals surface area contributed by atoms with Crippen molar-refractivity contribution in [3.63, 3.8) is 0 Å². The Labute approximate surface area is 135 Å². The van der Waals surface area contributed by atoms with Crippen LogP contribution < -0.4 is 51.4 Å². The Bertz CT molecular complexity index is 558. The molecule has 2 aromatic carbocycles. The molecule has 0 spiro atoms. The van der Waals surface area contributed by atoms with Gasteiger partial charge in [0.2, 0.25) is 0 Å². The summed E-state index contributed by atoms with van der Waals surface area (Å²) in [5.74, 6) is -0.881. The van der Waals surface area contributed by atoms with E-state index in [1.54, 1.807) is 24.3 Å². The molecule has 1 aliphatic rings. The molecule has 0 N–H and O–H groups in total. The third-order valence-electron chi connectivity index (χ3n) is 2.57. The van der Waals surface area contributed by atoms with Crippen molar-refractivity contribution in [2.75, 3.05) is 0 Å². The standard InChI is InChI=1S/C12H7NO2.K/c14-11-8-5-1-3-7-4-2-6-9(10(7)8)12(15)13-11;/h1-6H,(H,13,14,15);/q;+1/p-1. The van der Waals surface area contributed by atoms with Crippen LogP contribution in [0.1, 0.15) is 20.7 Å². The van der Waals surface area contributed by atoms with Gasteiger partial charge in [-0.2, -0.15) is 0 Å². The molecular weight excluding hydrogens is 229 g/mol. The second kappa shape index (κ2) is 4.39. The molecule has 16 heavy (non-hydrogen) atoms. The molecular formula is C12H6KNO2. The summed E-state index contributed by atoms with van der Waals surface area (Å²) in [6.45, 7) is 0. The summed E-state index contributed by atoms with van der Waals surface area (Å²) in [4.78, 5) is 23.0.